The van der Waals surface area contributed by atoms with Crippen molar-refractivity contribution < 1.29 is 18.7 Å². The quantitative estimate of drug-likeness (QED) is 0.427. The molecule has 2 fully saturated rings. The first-order valence-electron chi connectivity index (χ1n) is 12.8. The molecule has 0 radical (unpaired) electrons. The highest BCUT2D eigenvalue weighted by Crippen LogP contribution is 2.26. The summed E-state index contributed by atoms with van der Waals surface area (Å²) in [4.78, 5) is 33.5. The third kappa shape index (κ3) is 6.43. The van der Waals surface area contributed by atoms with Gasteiger partial charge in [0, 0.05) is 32.2 Å². The number of ether oxygens (including phenoxy) is 1. The highest BCUT2D eigenvalue weighted by Gasteiger charge is 2.36. The van der Waals surface area contributed by atoms with Crippen LogP contribution in [-0.4, -0.2) is 87.3 Å². The van der Waals surface area contributed by atoms with E-state index < -0.39 is 6.04 Å². The molecule has 0 aromatic carbocycles. The van der Waals surface area contributed by atoms with Gasteiger partial charge in [-0.25, -0.2) is 0 Å². The van der Waals surface area contributed by atoms with Crippen molar-refractivity contribution in [2.75, 3.05) is 39.4 Å². The molecule has 1 atom stereocenters. The number of aryl methyl sites for hydroxylation is 1. The van der Waals surface area contributed by atoms with E-state index in [1.54, 1.807) is 11.0 Å². The molecule has 198 valence electrons. The molecule has 1 N–H and O–H groups in total. The van der Waals surface area contributed by atoms with Crippen molar-refractivity contribution in [2.24, 2.45) is 0 Å². The lowest BCUT2D eigenvalue weighted by Crippen LogP contribution is -2.50. The van der Waals surface area contributed by atoms with Crippen LogP contribution in [0.4, 0.5) is 0 Å². The van der Waals surface area contributed by atoms with Gasteiger partial charge >= 0.3 is 0 Å². The molecule has 2 amide bonds. The molecule has 1 saturated carbocycles. The van der Waals surface area contributed by atoms with E-state index in [2.05, 4.69) is 25.6 Å². The average molecular weight is 528 g/mol. The maximum absolute atomic E-state index is 13.8. The van der Waals surface area contributed by atoms with Crippen LogP contribution in [0.5, 0.6) is 0 Å². The number of amides is 2. The summed E-state index contributed by atoms with van der Waals surface area (Å²) < 4.78 is 11.4. The Morgan fingerprint density at radius 3 is 2.73 bits per heavy atom. The van der Waals surface area contributed by atoms with Gasteiger partial charge in [0.15, 0.2) is 6.04 Å². The van der Waals surface area contributed by atoms with Crippen LogP contribution in [0.3, 0.4) is 0 Å². The fourth-order valence-corrected chi connectivity index (χ4v) is 5.52. The van der Waals surface area contributed by atoms with Gasteiger partial charge < -0.3 is 19.4 Å². The van der Waals surface area contributed by atoms with Crippen LogP contribution < -0.4 is 5.32 Å². The van der Waals surface area contributed by atoms with Crippen LogP contribution in [0.15, 0.2) is 34.1 Å². The van der Waals surface area contributed by atoms with Gasteiger partial charge in [0.2, 0.25) is 11.7 Å². The van der Waals surface area contributed by atoms with E-state index in [0.29, 0.717) is 43.6 Å². The highest BCUT2D eigenvalue weighted by atomic mass is 32.1. The number of aromatic nitrogens is 4. The number of carbonyl (C=O) groups is 2. The number of morpholine rings is 1. The third-order valence-corrected chi connectivity index (χ3v) is 7.71. The number of rotatable bonds is 10. The molecule has 37 heavy (non-hydrogen) atoms. The minimum Gasteiger partial charge on any atom is -0.464 e. The topological polar surface area (TPSA) is 119 Å². The largest absolute Gasteiger partial charge is 0.464 e. The molecule has 2 aliphatic rings. The Labute approximate surface area is 219 Å². The number of thiophene rings is 1. The van der Waals surface area contributed by atoms with Gasteiger partial charge in [0.1, 0.15) is 18.1 Å². The molecule has 3 aromatic rings. The van der Waals surface area contributed by atoms with Crippen molar-refractivity contribution in [3.63, 3.8) is 0 Å². The van der Waals surface area contributed by atoms with Gasteiger partial charge in [-0.3, -0.25) is 14.5 Å². The Morgan fingerprint density at radius 1 is 1.22 bits per heavy atom. The Morgan fingerprint density at radius 2 is 2.03 bits per heavy atom. The second-order valence-corrected chi connectivity index (χ2v) is 10.5. The minimum atomic E-state index is -0.886. The number of nitrogens with zero attached hydrogens (tertiary/aromatic N) is 6. The van der Waals surface area contributed by atoms with E-state index in [4.69, 9.17) is 9.15 Å². The highest BCUT2D eigenvalue weighted by molar-refractivity contribution is 7.13. The SMILES string of the molecule is Cc1ccc(C(C(=O)NC2CCCC2)N(CCN2CCOCC2)C(=O)Cn2nnc(-c3cccs3)n2)o1. The molecule has 1 saturated heterocycles. The zero-order chi connectivity index (χ0) is 25.6. The summed E-state index contributed by atoms with van der Waals surface area (Å²) >= 11 is 1.51. The lowest BCUT2D eigenvalue weighted by Gasteiger charge is -2.33. The number of furan rings is 1. The van der Waals surface area contributed by atoms with Gasteiger partial charge in [-0.05, 0) is 48.6 Å². The van der Waals surface area contributed by atoms with E-state index in [1.165, 1.54) is 16.1 Å². The van der Waals surface area contributed by atoms with Gasteiger partial charge in [-0.1, -0.05) is 18.9 Å². The molecule has 5 rings (SSSR count). The second kappa shape index (κ2) is 12.0. The predicted octanol–water partition coefficient (Wildman–Crippen LogP) is 2.26. The Hall–Kier alpha value is -3.09. The molecule has 0 bridgehead atoms. The fraction of sp³-hybridized carbons (Fsp3) is 0.560. The first kappa shape index (κ1) is 25.6. The van der Waals surface area contributed by atoms with Gasteiger partial charge in [0.25, 0.3) is 5.91 Å². The van der Waals surface area contributed by atoms with Gasteiger partial charge in [-0.15, -0.1) is 21.5 Å². The predicted molar refractivity (Wildman–Crippen MR) is 137 cm³/mol. The molecule has 11 nitrogen and oxygen atoms in total. The molecule has 3 aromatic heterocycles. The normalized spacial score (nSPS) is 17.6. The zero-order valence-electron chi connectivity index (χ0n) is 21.0. The molecular weight excluding hydrogens is 494 g/mol. The zero-order valence-corrected chi connectivity index (χ0v) is 21.9. The van der Waals surface area contributed by atoms with Crippen LogP contribution >= 0.6 is 11.3 Å². The number of hydrogen-bond acceptors (Lipinski definition) is 9. The van der Waals surface area contributed by atoms with E-state index in [-0.39, 0.29) is 24.4 Å². The van der Waals surface area contributed by atoms with Crippen molar-refractivity contribution in [1.29, 1.82) is 0 Å². The Bertz CT molecular complexity index is 1170. The lowest BCUT2D eigenvalue weighted by molar-refractivity contribution is -0.143. The van der Waals surface area contributed by atoms with Crippen LogP contribution in [0.2, 0.25) is 0 Å². The summed E-state index contributed by atoms with van der Waals surface area (Å²) in [5.41, 5.74) is 0. The van der Waals surface area contributed by atoms with Crippen molar-refractivity contribution in [3.8, 4) is 10.7 Å². The standard InChI is InChI=1S/C25H33N7O4S/c1-18-8-9-20(36-18)23(25(34)26-19-5-2-3-6-19)31(11-10-30-12-14-35-15-13-30)22(33)17-32-28-24(27-29-32)21-7-4-16-37-21/h4,7-9,16,19,23H,2-3,5-6,10-15,17H2,1H3,(H,26,34). The average Bonchev–Trinajstić information content (AvgIpc) is 3.71. The Balaban J connectivity index is 1.39. The summed E-state index contributed by atoms with van der Waals surface area (Å²) in [6.45, 7) is 5.57. The van der Waals surface area contributed by atoms with Crippen molar-refractivity contribution >= 4 is 23.2 Å². The van der Waals surface area contributed by atoms with Gasteiger partial charge in [-0.2, -0.15) is 4.80 Å². The number of tetrazole rings is 1. The summed E-state index contributed by atoms with van der Waals surface area (Å²) in [6.07, 6.45) is 4.09. The molecule has 0 spiro atoms. The molecule has 4 heterocycles. The maximum atomic E-state index is 13.8. The van der Waals surface area contributed by atoms with E-state index in [9.17, 15) is 9.59 Å². The van der Waals surface area contributed by atoms with Crippen LogP contribution in [0.25, 0.3) is 10.7 Å². The fourth-order valence-electron chi connectivity index (χ4n) is 4.87. The third-order valence-electron chi connectivity index (χ3n) is 6.84. The molecular formula is C25H33N7O4S. The van der Waals surface area contributed by atoms with E-state index in [1.807, 2.05) is 30.5 Å². The summed E-state index contributed by atoms with van der Waals surface area (Å²) in [7, 11) is 0. The summed E-state index contributed by atoms with van der Waals surface area (Å²) in [5, 5.41) is 17.7. The van der Waals surface area contributed by atoms with Gasteiger partial charge in [0.05, 0.1) is 18.1 Å². The number of hydrogen-bond donors (Lipinski definition) is 1. The lowest BCUT2D eigenvalue weighted by atomic mass is 10.1. The molecule has 1 aliphatic carbocycles. The summed E-state index contributed by atoms with van der Waals surface area (Å²) in [5.74, 6) is 1.12. The van der Waals surface area contributed by atoms with Crippen molar-refractivity contribution in [2.45, 2.75) is 51.2 Å². The number of nitrogens with one attached hydrogen (secondary N) is 1. The second-order valence-electron chi connectivity index (χ2n) is 9.50. The first-order valence-corrected chi connectivity index (χ1v) is 13.7. The van der Waals surface area contributed by atoms with Crippen molar-refractivity contribution in [1.82, 2.24) is 35.3 Å². The smallest absolute Gasteiger partial charge is 0.250 e. The number of carbonyl (C=O) groups excluding carboxylic acids is 2. The monoisotopic (exact) mass is 527 g/mol. The first-order chi connectivity index (χ1) is 18.1. The van der Waals surface area contributed by atoms with Crippen LogP contribution in [0, 0.1) is 6.92 Å². The van der Waals surface area contributed by atoms with Crippen LogP contribution in [-0.2, 0) is 20.9 Å². The van der Waals surface area contributed by atoms with E-state index in [0.717, 1.165) is 43.6 Å². The maximum Gasteiger partial charge on any atom is 0.250 e. The van der Waals surface area contributed by atoms with Crippen molar-refractivity contribution in [3.05, 3.63) is 41.2 Å². The summed E-state index contributed by atoms with van der Waals surface area (Å²) in [6, 6.07) is 6.66. The Kier molecular flexibility index (Phi) is 8.27. The minimum absolute atomic E-state index is 0.118. The molecule has 1 aliphatic heterocycles. The van der Waals surface area contributed by atoms with E-state index >= 15 is 0 Å². The molecule has 12 heteroatoms. The van der Waals surface area contributed by atoms with Crippen LogP contribution in [0.1, 0.15) is 43.2 Å². The molecule has 1 unspecified atom stereocenters.